The van der Waals surface area contributed by atoms with E-state index in [0.717, 1.165) is 16.3 Å². The summed E-state index contributed by atoms with van der Waals surface area (Å²) in [6.07, 6.45) is 8.08. The Kier molecular flexibility index (Phi) is 5.18. The molecule has 0 atom stereocenters. The maximum absolute atomic E-state index is 12.9. The predicted molar refractivity (Wildman–Crippen MR) is 106 cm³/mol. The zero-order chi connectivity index (χ0) is 18.8. The van der Waals surface area contributed by atoms with Gasteiger partial charge in [0.15, 0.2) is 5.69 Å². The van der Waals surface area contributed by atoms with Crippen LogP contribution in [0.3, 0.4) is 0 Å². The van der Waals surface area contributed by atoms with Gasteiger partial charge in [0.05, 0.1) is 5.69 Å². The van der Waals surface area contributed by atoms with Gasteiger partial charge in [-0.1, -0.05) is 36.7 Å². The smallest absolute Gasteiger partial charge is 0.278 e. The monoisotopic (exact) mass is 384 g/mol. The van der Waals surface area contributed by atoms with Crippen LogP contribution >= 0.6 is 11.3 Å². The maximum Gasteiger partial charge on any atom is 0.278 e. The van der Waals surface area contributed by atoms with E-state index >= 15 is 0 Å². The fraction of sp³-hybridized carbons (Fsp3) is 0.474. The summed E-state index contributed by atoms with van der Waals surface area (Å²) in [5, 5.41) is 13.0. The number of rotatable bonds is 5. The number of aromatic nitrogens is 4. The zero-order valence-corrected chi connectivity index (χ0v) is 16.5. The van der Waals surface area contributed by atoms with Gasteiger partial charge in [-0.15, -0.1) is 10.2 Å². The number of hydrogen-bond acceptors (Lipinski definition) is 6. The summed E-state index contributed by atoms with van der Waals surface area (Å²) >= 11 is 1.49. The lowest BCUT2D eigenvalue weighted by molar-refractivity contribution is 0.102. The molecule has 3 aromatic heterocycles. The molecule has 3 heterocycles. The topological polar surface area (TPSA) is 75.4 Å². The summed E-state index contributed by atoms with van der Waals surface area (Å²) in [7, 11) is 3.95. The SMILES string of the molecule is CN(C)Cc1c(C(=O)Nc2nnc(C3CCCCC3)s2)nc2ccccn12. The normalized spacial score (nSPS) is 15.5. The summed E-state index contributed by atoms with van der Waals surface area (Å²) in [4.78, 5) is 19.5. The van der Waals surface area contributed by atoms with Gasteiger partial charge in [-0.25, -0.2) is 4.98 Å². The summed E-state index contributed by atoms with van der Waals surface area (Å²) in [5.74, 6) is 0.253. The third-order valence-electron chi connectivity index (χ3n) is 4.93. The van der Waals surface area contributed by atoms with Gasteiger partial charge in [0.1, 0.15) is 10.7 Å². The molecular weight excluding hydrogens is 360 g/mol. The summed E-state index contributed by atoms with van der Waals surface area (Å²) in [6, 6.07) is 5.77. The first-order valence-corrected chi connectivity index (χ1v) is 10.2. The molecule has 0 saturated heterocycles. The van der Waals surface area contributed by atoms with Crippen LogP contribution in [-0.2, 0) is 6.54 Å². The number of pyridine rings is 1. The molecule has 142 valence electrons. The molecule has 0 unspecified atom stereocenters. The largest absolute Gasteiger partial charge is 0.304 e. The third-order valence-corrected chi connectivity index (χ3v) is 5.93. The van der Waals surface area contributed by atoms with Crippen molar-refractivity contribution in [1.29, 1.82) is 0 Å². The Hall–Kier alpha value is -2.32. The second-order valence-electron chi connectivity index (χ2n) is 7.31. The van der Waals surface area contributed by atoms with Crippen molar-refractivity contribution < 1.29 is 4.79 Å². The minimum absolute atomic E-state index is 0.234. The highest BCUT2D eigenvalue weighted by molar-refractivity contribution is 7.15. The number of amides is 1. The standard InChI is InChI=1S/C19H24N6OS/c1-24(2)12-14-16(20-15-10-6-7-11-25(14)15)17(26)21-19-23-22-18(27-19)13-8-4-3-5-9-13/h6-7,10-11,13H,3-5,8-9,12H2,1-2H3,(H,21,23,26). The van der Waals surface area contributed by atoms with Crippen LogP contribution < -0.4 is 5.32 Å². The second kappa shape index (κ2) is 7.74. The van der Waals surface area contributed by atoms with Gasteiger partial charge in [-0.2, -0.15) is 0 Å². The molecule has 1 N–H and O–H groups in total. The quantitative estimate of drug-likeness (QED) is 0.728. The highest BCUT2D eigenvalue weighted by atomic mass is 32.1. The molecule has 1 aliphatic carbocycles. The van der Waals surface area contributed by atoms with Crippen molar-refractivity contribution in [2.45, 2.75) is 44.6 Å². The number of nitrogens with one attached hydrogen (secondary N) is 1. The number of hydrogen-bond donors (Lipinski definition) is 1. The Balaban J connectivity index is 1.57. The minimum atomic E-state index is -0.234. The Morgan fingerprint density at radius 3 is 2.85 bits per heavy atom. The number of fused-ring (bicyclic) bond motifs is 1. The number of carbonyl (C=O) groups excluding carboxylic acids is 1. The fourth-order valence-electron chi connectivity index (χ4n) is 3.63. The molecule has 1 fully saturated rings. The Morgan fingerprint density at radius 2 is 2.07 bits per heavy atom. The van der Waals surface area contributed by atoms with Crippen molar-refractivity contribution >= 4 is 28.0 Å². The average Bonchev–Trinajstić information content (AvgIpc) is 3.27. The van der Waals surface area contributed by atoms with E-state index in [1.807, 2.05) is 47.8 Å². The van der Waals surface area contributed by atoms with E-state index < -0.39 is 0 Å². The van der Waals surface area contributed by atoms with Gasteiger partial charge in [-0.3, -0.25) is 10.1 Å². The second-order valence-corrected chi connectivity index (χ2v) is 8.32. The van der Waals surface area contributed by atoms with Crippen molar-refractivity contribution in [3.05, 3.63) is 40.8 Å². The fourth-order valence-corrected chi connectivity index (χ4v) is 4.54. The van der Waals surface area contributed by atoms with Gasteiger partial charge >= 0.3 is 0 Å². The van der Waals surface area contributed by atoms with Crippen LogP contribution in [0.4, 0.5) is 5.13 Å². The first kappa shape index (κ1) is 18.1. The van der Waals surface area contributed by atoms with Gasteiger partial charge in [-0.05, 0) is 39.1 Å². The number of nitrogens with zero attached hydrogens (tertiary/aromatic N) is 5. The summed E-state index contributed by atoms with van der Waals surface area (Å²) in [5.41, 5.74) is 2.06. The van der Waals surface area contributed by atoms with Crippen LogP contribution in [0, 0.1) is 0 Å². The van der Waals surface area contributed by atoms with Crippen LogP contribution in [0.25, 0.3) is 5.65 Å². The molecule has 0 spiro atoms. The van der Waals surface area contributed by atoms with Gasteiger partial charge < -0.3 is 9.30 Å². The van der Waals surface area contributed by atoms with Gasteiger partial charge in [0, 0.05) is 18.7 Å². The lowest BCUT2D eigenvalue weighted by Gasteiger charge is -2.18. The molecule has 1 saturated carbocycles. The number of imidazole rings is 1. The first-order chi connectivity index (χ1) is 13.1. The van der Waals surface area contributed by atoms with E-state index in [1.165, 1.54) is 43.4 Å². The van der Waals surface area contributed by atoms with E-state index in [0.29, 0.717) is 23.3 Å². The van der Waals surface area contributed by atoms with E-state index in [4.69, 9.17) is 0 Å². The Morgan fingerprint density at radius 1 is 1.26 bits per heavy atom. The van der Waals surface area contributed by atoms with E-state index in [9.17, 15) is 4.79 Å². The van der Waals surface area contributed by atoms with E-state index in [-0.39, 0.29) is 5.91 Å². The van der Waals surface area contributed by atoms with Crippen molar-refractivity contribution in [3.63, 3.8) is 0 Å². The number of carbonyl (C=O) groups is 1. The Labute approximate surface area is 162 Å². The molecule has 0 aliphatic heterocycles. The van der Waals surface area contributed by atoms with Crippen molar-refractivity contribution in [2.75, 3.05) is 19.4 Å². The minimum Gasteiger partial charge on any atom is -0.304 e. The molecule has 27 heavy (non-hydrogen) atoms. The lowest BCUT2D eigenvalue weighted by atomic mass is 9.90. The molecule has 1 aliphatic rings. The first-order valence-electron chi connectivity index (χ1n) is 9.37. The van der Waals surface area contributed by atoms with Crippen LogP contribution in [0.15, 0.2) is 24.4 Å². The highest BCUT2D eigenvalue weighted by Crippen LogP contribution is 2.35. The maximum atomic E-state index is 12.9. The summed E-state index contributed by atoms with van der Waals surface area (Å²) < 4.78 is 1.96. The molecule has 0 radical (unpaired) electrons. The molecule has 0 bridgehead atoms. The van der Waals surface area contributed by atoms with Gasteiger partial charge in [0.25, 0.3) is 5.91 Å². The number of anilines is 1. The van der Waals surface area contributed by atoms with Crippen LogP contribution in [0.5, 0.6) is 0 Å². The van der Waals surface area contributed by atoms with Crippen molar-refractivity contribution in [3.8, 4) is 0 Å². The molecule has 7 nitrogen and oxygen atoms in total. The summed E-state index contributed by atoms with van der Waals surface area (Å²) in [6.45, 7) is 0.622. The third kappa shape index (κ3) is 3.86. The average molecular weight is 385 g/mol. The zero-order valence-electron chi connectivity index (χ0n) is 15.7. The van der Waals surface area contributed by atoms with Crippen LogP contribution in [-0.4, -0.2) is 44.5 Å². The van der Waals surface area contributed by atoms with E-state index in [2.05, 4.69) is 20.5 Å². The molecule has 8 heteroatoms. The molecule has 1 amide bonds. The molecule has 3 aromatic rings. The van der Waals surface area contributed by atoms with Crippen LogP contribution in [0.1, 0.15) is 59.2 Å². The van der Waals surface area contributed by atoms with Crippen molar-refractivity contribution in [1.82, 2.24) is 24.5 Å². The lowest BCUT2D eigenvalue weighted by Crippen LogP contribution is -2.19. The Bertz CT molecular complexity index is 941. The molecular formula is C19H24N6OS. The van der Waals surface area contributed by atoms with Gasteiger partial charge in [0.2, 0.25) is 5.13 Å². The van der Waals surface area contributed by atoms with E-state index in [1.54, 1.807) is 0 Å². The molecule has 0 aromatic carbocycles. The van der Waals surface area contributed by atoms with Crippen LogP contribution in [0.2, 0.25) is 0 Å². The predicted octanol–water partition coefficient (Wildman–Crippen LogP) is 3.55. The van der Waals surface area contributed by atoms with Crippen molar-refractivity contribution in [2.24, 2.45) is 0 Å². The molecule has 4 rings (SSSR count). The highest BCUT2D eigenvalue weighted by Gasteiger charge is 2.23.